The molecule has 0 bridgehead atoms. The highest BCUT2D eigenvalue weighted by atomic mass is 32.1. The molecule has 1 aromatic heterocycles. The number of ether oxygens (including phenoxy) is 1. The first kappa shape index (κ1) is 22.8. The third-order valence-electron chi connectivity index (χ3n) is 5.25. The van der Waals surface area contributed by atoms with Crippen molar-refractivity contribution >= 4 is 40.0 Å². The number of benzene rings is 2. The molecule has 0 aliphatic carbocycles. The third-order valence-corrected chi connectivity index (χ3v) is 6.09. The zero-order valence-corrected chi connectivity index (χ0v) is 19.2. The molecule has 2 aromatic carbocycles. The Morgan fingerprint density at radius 2 is 1.88 bits per heavy atom. The maximum Gasteiger partial charge on any atom is 0.246 e. The predicted octanol–water partition coefficient (Wildman–Crippen LogP) is 4.97. The number of para-hydroxylation sites is 1. The molecule has 2 heterocycles. The lowest BCUT2D eigenvalue weighted by molar-refractivity contribution is -0.139. The van der Waals surface area contributed by atoms with Crippen molar-refractivity contribution in [1.82, 2.24) is 9.88 Å². The minimum atomic E-state index is -0.510. The van der Waals surface area contributed by atoms with Crippen LogP contribution in [0.4, 0.5) is 15.2 Å². The lowest BCUT2D eigenvalue weighted by Crippen LogP contribution is -2.45. The first-order valence-corrected chi connectivity index (χ1v) is 11.5. The van der Waals surface area contributed by atoms with Gasteiger partial charge in [-0.05, 0) is 30.7 Å². The quantitative estimate of drug-likeness (QED) is 0.499. The monoisotopic (exact) mass is 465 g/mol. The minimum Gasteiger partial charge on any atom is -0.367 e. The van der Waals surface area contributed by atoms with Gasteiger partial charge in [-0.25, -0.2) is 9.37 Å². The summed E-state index contributed by atoms with van der Waals surface area (Å²) in [6.45, 7) is 4.27. The summed E-state index contributed by atoms with van der Waals surface area (Å²) in [6.07, 6.45) is 2.82. The van der Waals surface area contributed by atoms with E-state index in [1.165, 1.54) is 41.4 Å². The summed E-state index contributed by atoms with van der Waals surface area (Å²) in [6, 6.07) is 15.9. The summed E-state index contributed by atoms with van der Waals surface area (Å²) in [7, 11) is 0. The largest absolute Gasteiger partial charge is 0.367 e. The van der Waals surface area contributed by atoms with Crippen LogP contribution in [-0.4, -0.2) is 40.9 Å². The van der Waals surface area contributed by atoms with Crippen molar-refractivity contribution in [2.75, 3.05) is 18.0 Å². The number of thiazole rings is 1. The first-order chi connectivity index (χ1) is 15.9. The van der Waals surface area contributed by atoms with Crippen molar-refractivity contribution < 1.29 is 18.7 Å². The molecule has 8 heteroatoms. The number of hydrogen-bond acceptors (Lipinski definition) is 5. The number of anilines is 2. The molecule has 0 spiro atoms. The van der Waals surface area contributed by atoms with Crippen LogP contribution in [-0.2, 0) is 14.3 Å². The zero-order chi connectivity index (χ0) is 23.4. The van der Waals surface area contributed by atoms with E-state index in [0.717, 1.165) is 5.56 Å². The molecule has 0 radical (unpaired) electrons. The molecule has 6 nitrogen and oxygen atoms in total. The fraction of sp³-hybridized carbons (Fsp3) is 0.240. The minimum absolute atomic E-state index is 0.0860. The van der Waals surface area contributed by atoms with E-state index in [2.05, 4.69) is 4.98 Å². The Bertz CT molecular complexity index is 1160. The molecule has 2 amide bonds. The fourth-order valence-electron chi connectivity index (χ4n) is 3.74. The van der Waals surface area contributed by atoms with Crippen molar-refractivity contribution in [3.63, 3.8) is 0 Å². The maximum absolute atomic E-state index is 14.2. The number of aromatic nitrogens is 1. The second kappa shape index (κ2) is 10.1. The van der Waals surface area contributed by atoms with Gasteiger partial charge in [-0.3, -0.25) is 14.5 Å². The molecule has 1 saturated heterocycles. The van der Waals surface area contributed by atoms with Gasteiger partial charge in [-0.1, -0.05) is 42.5 Å². The average molecular weight is 466 g/mol. The van der Waals surface area contributed by atoms with Crippen LogP contribution in [0.15, 0.2) is 66.1 Å². The van der Waals surface area contributed by atoms with Gasteiger partial charge in [0.25, 0.3) is 0 Å². The highest BCUT2D eigenvalue weighted by molar-refractivity contribution is 7.14. The smallest absolute Gasteiger partial charge is 0.246 e. The fourth-order valence-corrected chi connectivity index (χ4v) is 4.59. The summed E-state index contributed by atoms with van der Waals surface area (Å²) < 4.78 is 20.3. The number of morpholine rings is 1. The first-order valence-electron chi connectivity index (χ1n) is 10.6. The molecule has 0 saturated carbocycles. The van der Waals surface area contributed by atoms with E-state index in [4.69, 9.17) is 4.74 Å². The lowest BCUT2D eigenvalue weighted by Gasteiger charge is -2.36. The van der Waals surface area contributed by atoms with Crippen LogP contribution in [0.1, 0.15) is 31.2 Å². The van der Waals surface area contributed by atoms with Gasteiger partial charge in [0.1, 0.15) is 11.9 Å². The Hall–Kier alpha value is -3.36. The Balaban J connectivity index is 1.48. The Morgan fingerprint density at radius 1 is 1.15 bits per heavy atom. The van der Waals surface area contributed by atoms with Gasteiger partial charge < -0.3 is 9.64 Å². The highest BCUT2D eigenvalue weighted by Gasteiger charge is 2.28. The second-order valence-corrected chi connectivity index (χ2v) is 8.62. The van der Waals surface area contributed by atoms with Crippen LogP contribution < -0.4 is 4.90 Å². The van der Waals surface area contributed by atoms with Gasteiger partial charge in [0.15, 0.2) is 5.13 Å². The van der Waals surface area contributed by atoms with Gasteiger partial charge in [-0.15, -0.1) is 11.3 Å². The molecule has 170 valence electrons. The van der Waals surface area contributed by atoms with E-state index in [0.29, 0.717) is 23.9 Å². The summed E-state index contributed by atoms with van der Waals surface area (Å²) in [5.41, 5.74) is 1.69. The zero-order valence-electron chi connectivity index (χ0n) is 18.3. The Kier molecular flexibility index (Phi) is 6.96. The standard InChI is InChI=1S/C25H24FN3O3S/c1-17-14-28(15-23(32-17)19-8-4-3-5-9-19)24(31)13-12-20-16-33-25(27-20)29(18(2)30)22-11-7-6-10-21(22)26/h3-13,16-17,23H,14-15H2,1-2H3/b13-12+. The van der Waals surface area contributed by atoms with Crippen molar-refractivity contribution in [1.29, 1.82) is 0 Å². The number of hydrogen-bond donors (Lipinski definition) is 0. The van der Waals surface area contributed by atoms with Crippen LogP contribution in [0, 0.1) is 5.82 Å². The van der Waals surface area contributed by atoms with E-state index in [1.807, 2.05) is 37.3 Å². The molecular weight excluding hydrogens is 441 g/mol. The summed E-state index contributed by atoms with van der Waals surface area (Å²) in [5, 5.41) is 2.06. The maximum atomic E-state index is 14.2. The molecule has 1 aliphatic rings. The van der Waals surface area contributed by atoms with Crippen LogP contribution in [0.3, 0.4) is 0 Å². The molecule has 1 fully saturated rings. The summed E-state index contributed by atoms with van der Waals surface area (Å²) in [4.78, 5) is 32.5. The number of halogens is 1. The molecule has 2 unspecified atom stereocenters. The van der Waals surface area contributed by atoms with E-state index in [1.54, 1.807) is 28.5 Å². The van der Waals surface area contributed by atoms with Crippen molar-refractivity contribution in [2.24, 2.45) is 0 Å². The average Bonchev–Trinajstić information content (AvgIpc) is 3.27. The normalized spacial score (nSPS) is 18.5. The van der Waals surface area contributed by atoms with Crippen LogP contribution >= 0.6 is 11.3 Å². The second-order valence-electron chi connectivity index (χ2n) is 7.78. The van der Waals surface area contributed by atoms with E-state index in [9.17, 15) is 14.0 Å². The molecule has 1 aliphatic heterocycles. The van der Waals surface area contributed by atoms with Gasteiger partial charge in [0, 0.05) is 24.9 Å². The van der Waals surface area contributed by atoms with Crippen LogP contribution in [0.5, 0.6) is 0 Å². The van der Waals surface area contributed by atoms with Gasteiger partial charge in [-0.2, -0.15) is 0 Å². The number of carbonyl (C=O) groups is 2. The molecule has 3 aromatic rings. The number of nitrogens with zero attached hydrogens (tertiary/aromatic N) is 3. The molecule has 4 rings (SSSR count). The molecule has 33 heavy (non-hydrogen) atoms. The Morgan fingerprint density at radius 3 is 2.61 bits per heavy atom. The highest BCUT2D eigenvalue weighted by Crippen LogP contribution is 2.31. The van der Waals surface area contributed by atoms with Gasteiger partial charge in [0.2, 0.25) is 11.8 Å². The summed E-state index contributed by atoms with van der Waals surface area (Å²) in [5.74, 6) is -1.00. The third kappa shape index (κ3) is 5.35. The van der Waals surface area contributed by atoms with Gasteiger partial charge in [0.05, 0.1) is 24.0 Å². The predicted molar refractivity (Wildman–Crippen MR) is 127 cm³/mol. The molecule has 0 N–H and O–H groups in total. The van der Waals surface area contributed by atoms with Gasteiger partial charge >= 0.3 is 0 Å². The topological polar surface area (TPSA) is 62.7 Å². The number of carbonyl (C=O) groups excluding carboxylic acids is 2. The summed E-state index contributed by atoms with van der Waals surface area (Å²) >= 11 is 1.21. The van der Waals surface area contributed by atoms with Crippen molar-refractivity contribution in [3.8, 4) is 0 Å². The van der Waals surface area contributed by atoms with Crippen LogP contribution in [0.2, 0.25) is 0 Å². The van der Waals surface area contributed by atoms with Crippen molar-refractivity contribution in [2.45, 2.75) is 26.1 Å². The van der Waals surface area contributed by atoms with E-state index >= 15 is 0 Å². The number of amides is 2. The molecule has 2 atom stereocenters. The molecular formula is C25H24FN3O3S. The SMILES string of the molecule is CC(=O)N(c1nc(/C=C/C(=O)N2CC(C)OC(c3ccccc3)C2)cs1)c1ccccc1F. The van der Waals surface area contributed by atoms with E-state index < -0.39 is 5.82 Å². The lowest BCUT2D eigenvalue weighted by atomic mass is 10.1. The number of rotatable bonds is 5. The Labute approximate surface area is 195 Å². The van der Waals surface area contributed by atoms with Crippen molar-refractivity contribution in [3.05, 3.63) is 83.1 Å². The van der Waals surface area contributed by atoms with Crippen LogP contribution in [0.25, 0.3) is 6.08 Å². The van der Waals surface area contributed by atoms with E-state index in [-0.39, 0.29) is 29.7 Å².